The van der Waals surface area contributed by atoms with E-state index in [9.17, 15) is 9.59 Å². The van der Waals surface area contributed by atoms with Gasteiger partial charge < -0.3 is 15.0 Å². The highest BCUT2D eigenvalue weighted by molar-refractivity contribution is 5.97. The van der Waals surface area contributed by atoms with Crippen LogP contribution in [0.4, 0.5) is 0 Å². The molecule has 0 saturated heterocycles. The van der Waals surface area contributed by atoms with Crippen molar-refractivity contribution in [3.8, 4) is 0 Å². The van der Waals surface area contributed by atoms with E-state index in [1.54, 1.807) is 19.1 Å². The molecule has 0 spiro atoms. The third kappa shape index (κ3) is 3.56. The van der Waals surface area contributed by atoms with Crippen molar-refractivity contribution in [2.24, 2.45) is 0 Å². The number of H-pyrrole nitrogens is 1. The first kappa shape index (κ1) is 20.1. The van der Waals surface area contributed by atoms with Crippen molar-refractivity contribution in [1.29, 1.82) is 0 Å². The lowest BCUT2D eigenvalue weighted by atomic mass is 9.88. The maximum absolute atomic E-state index is 13.2. The van der Waals surface area contributed by atoms with Crippen LogP contribution in [0.15, 0.2) is 85.1 Å². The standard InChI is InChI=1S/C27H24N2O3/c1-27(15-19-11-5-6-12-20(19)25(30)32-27)26(31)29-16-22(18-9-3-2-4-10-18)23-17-28-24-14-8-7-13-21(23)24/h2-14,17,22,28H,15-16H2,1H3,(H,29,31). The molecule has 0 bridgehead atoms. The van der Waals surface area contributed by atoms with Crippen molar-refractivity contribution in [3.05, 3.63) is 107 Å². The molecule has 1 aliphatic rings. The Morgan fingerprint density at radius 3 is 2.59 bits per heavy atom. The van der Waals surface area contributed by atoms with Crippen molar-refractivity contribution in [1.82, 2.24) is 10.3 Å². The minimum absolute atomic E-state index is 0.0496. The molecule has 0 radical (unpaired) electrons. The first-order valence-corrected chi connectivity index (χ1v) is 10.8. The van der Waals surface area contributed by atoms with E-state index in [1.807, 2.05) is 54.7 Å². The second kappa shape index (κ2) is 8.00. The second-order valence-electron chi connectivity index (χ2n) is 8.42. The average molecular weight is 425 g/mol. The molecule has 2 N–H and O–H groups in total. The first-order valence-electron chi connectivity index (χ1n) is 10.8. The second-order valence-corrected chi connectivity index (χ2v) is 8.42. The number of aromatic nitrogens is 1. The van der Waals surface area contributed by atoms with Gasteiger partial charge in [0, 0.05) is 36.0 Å². The van der Waals surface area contributed by atoms with E-state index >= 15 is 0 Å². The van der Waals surface area contributed by atoms with E-state index in [0.29, 0.717) is 18.5 Å². The van der Waals surface area contributed by atoms with Crippen LogP contribution in [-0.2, 0) is 16.0 Å². The Kier molecular flexibility index (Phi) is 5.02. The van der Waals surface area contributed by atoms with Crippen molar-refractivity contribution >= 4 is 22.8 Å². The van der Waals surface area contributed by atoms with Crippen LogP contribution in [0, 0.1) is 0 Å². The van der Waals surface area contributed by atoms with Crippen LogP contribution >= 0.6 is 0 Å². The molecule has 2 heterocycles. The highest BCUT2D eigenvalue weighted by Crippen LogP contribution is 2.32. The number of esters is 1. The zero-order valence-electron chi connectivity index (χ0n) is 17.8. The molecule has 4 aromatic rings. The molecule has 1 aromatic heterocycles. The molecule has 32 heavy (non-hydrogen) atoms. The van der Waals surface area contributed by atoms with Crippen LogP contribution in [0.5, 0.6) is 0 Å². The lowest BCUT2D eigenvalue weighted by Crippen LogP contribution is -2.52. The molecule has 0 aliphatic carbocycles. The van der Waals surface area contributed by atoms with Crippen LogP contribution in [0.3, 0.4) is 0 Å². The summed E-state index contributed by atoms with van der Waals surface area (Å²) in [6.07, 6.45) is 2.36. The maximum Gasteiger partial charge on any atom is 0.339 e. The number of amides is 1. The van der Waals surface area contributed by atoms with Crippen LogP contribution in [0.25, 0.3) is 10.9 Å². The van der Waals surface area contributed by atoms with E-state index in [1.165, 1.54) is 0 Å². The van der Waals surface area contributed by atoms with Gasteiger partial charge in [0.1, 0.15) is 0 Å². The number of fused-ring (bicyclic) bond motifs is 2. The zero-order chi connectivity index (χ0) is 22.1. The summed E-state index contributed by atoms with van der Waals surface area (Å²) >= 11 is 0. The van der Waals surface area contributed by atoms with E-state index < -0.39 is 11.6 Å². The number of cyclic esters (lactones) is 1. The number of nitrogens with one attached hydrogen (secondary N) is 2. The number of benzene rings is 3. The predicted molar refractivity (Wildman–Crippen MR) is 124 cm³/mol. The molecule has 160 valence electrons. The molecule has 3 aromatic carbocycles. The lowest BCUT2D eigenvalue weighted by Gasteiger charge is -2.33. The normalized spacial score (nSPS) is 18.6. The van der Waals surface area contributed by atoms with Gasteiger partial charge >= 0.3 is 5.97 Å². The van der Waals surface area contributed by atoms with E-state index in [0.717, 1.165) is 27.6 Å². The Morgan fingerprint density at radius 2 is 1.75 bits per heavy atom. The fourth-order valence-electron chi connectivity index (χ4n) is 4.52. The summed E-state index contributed by atoms with van der Waals surface area (Å²) in [6.45, 7) is 2.07. The molecule has 1 amide bonds. The van der Waals surface area contributed by atoms with Gasteiger partial charge in [0.15, 0.2) is 5.60 Å². The number of ether oxygens (including phenoxy) is 1. The van der Waals surface area contributed by atoms with E-state index in [2.05, 4.69) is 28.5 Å². The molecule has 5 nitrogen and oxygen atoms in total. The lowest BCUT2D eigenvalue weighted by molar-refractivity contribution is -0.139. The van der Waals surface area contributed by atoms with Gasteiger partial charge in [0.05, 0.1) is 5.56 Å². The molecule has 0 fully saturated rings. The highest BCUT2D eigenvalue weighted by atomic mass is 16.6. The molecule has 5 rings (SSSR count). The number of aromatic amines is 1. The van der Waals surface area contributed by atoms with Crippen LogP contribution in [-0.4, -0.2) is 29.0 Å². The monoisotopic (exact) mass is 424 g/mol. The molecule has 2 atom stereocenters. The minimum Gasteiger partial charge on any atom is -0.445 e. The van der Waals surface area contributed by atoms with Crippen molar-refractivity contribution in [2.75, 3.05) is 6.54 Å². The van der Waals surface area contributed by atoms with E-state index in [4.69, 9.17) is 4.74 Å². The SMILES string of the molecule is CC1(C(=O)NCC(c2ccccc2)c2c[nH]c3ccccc23)Cc2ccccc2C(=O)O1. The average Bonchev–Trinajstić information content (AvgIpc) is 3.24. The number of carbonyl (C=O) groups is 2. The summed E-state index contributed by atoms with van der Waals surface area (Å²) < 4.78 is 5.60. The summed E-state index contributed by atoms with van der Waals surface area (Å²) in [5, 5.41) is 4.19. The molecule has 1 aliphatic heterocycles. The van der Waals surface area contributed by atoms with Crippen molar-refractivity contribution in [3.63, 3.8) is 0 Å². The number of rotatable bonds is 5. The summed E-state index contributed by atoms with van der Waals surface area (Å²) in [7, 11) is 0. The summed E-state index contributed by atoms with van der Waals surface area (Å²) in [5.74, 6) is -0.798. The Balaban J connectivity index is 1.42. The third-order valence-corrected chi connectivity index (χ3v) is 6.23. The molecule has 5 heteroatoms. The van der Waals surface area contributed by atoms with Crippen LogP contribution < -0.4 is 5.32 Å². The number of hydrogen-bond acceptors (Lipinski definition) is 3. The van der Waals surface area contributed by atoms with Crippen molar-refractivity contribution < 1.29 is 14.3 Å². The van der Waals surface area contributed by atoms with Crippen LogP contribution in [0.1, 0.15) is 39.9 Å². The quantitative estimate of drug-likeness (QED) is 0.461. The highest BCUT2D eigenvalue weighted by Gasteiger charge is 2.42. The number of para-hydroxylation sites is 1. The Labute approximate surface area is 186 Å². The zero-order valence-corrected chi connectivity index (χ0v) is 17.8. The van der Waals surface area contributed by atoms with E-state index in [-0.39, 0.29) is 11.8 Å². The fraction of sp³-hybridized carbons (Fsp3) is 0.185. The molecular weight excluding hydrogens is 400 g/mol. The van der Waals surface area contributed by atoms with Gasteiger partial charge in [-0.15, -0.1) is 0 Å². The smallest absolute Gasteiger partial charge is 0.339 e. The molecular formula is C27H24N2O3. The first-order chi connectivity index (χ1) is 15.5. The molecule has 0 saturated carbocycles. The van der Waals surface area contributed by atoms with Gasteiger partial charge in [-0.2, -0.15) is 0 Å². The van der Waals surface area contributed by atoms with Gasteiger partial charge in [-0.25, -0.2) is 4.79 Å². The van der Waals surface area contributed by atoms with Crippen molar-refractivity contribution in [2.45, 2.75) is 24.9 Å². The van der Waals surface area contributed by atoms with Gasteiger partial charge in [0.25, 0.3) is 5.91 Å². The minimum atomic E-state index is -1.24. The Bertz CT molecular complexity index is 1290. The topological polar surface area (TPSA) is 71.2 Å². The third-order valence-electron chi connectivity index (χ3n) is 6.23. The van der Waals surface area contributed by atoms with Gasteiger partial charge in [0.2, 0.25) is 0 Å². The Hall–Kier alpha value is -3.86. The summed E-state index contributed by atoms with van der Waals surface area (Å²) in [6, 6.07) is 25.5. The number of hydrogen-bond donors (Lipinski definition) is 2. The van der Waals surface area contributed by atoms with Crippen LogP contribution in [0.2, 0.25) is 0 Å². The molecule has 2 unspecified atom stereocenters. The largest absolute Gasteiger partial charge is 0.445 e. The van der Waals surface area contributed by atoms with Gasteiger partial charge in [-0.3, -0.25) is 4.79 Å². The predicted octanol–water partition coefficient (Wildman–Crippen LogP) is 4.59. The maximum atomic E-state index is 13.2. The summed E-state index contributed by atoms with van der Waals surface area (Å²) in [4.78, 5) is 29.1. The Morgan fingerprint density at radius 1 is 1.03 bits per heavy atom. The van der Waals surface area contributed by atoms with Gasteiger partial charge in [-0.1, -0.05) is 66.7 Å². The summed E-state index contributed by atoms with van der Waals surface area (Å²) in [5.41, 5.74) is 3.39. The van der Waals surface area contributed by atoms with Gasteiger partial charge in [-0.05, 0) is 35.7 Å². The number of carbonyl (C=O) groups excluding carboxylic acids is 2. The fourth-order valence-corrected chi connectivity index (χ4v) is 4.52.